The molecule has 5 rings (SSSR count). The van der Waals surface area contributed by atoms with Crippen molar-refractivity contribution < 1.29 is 18.3 Å². The number of piperidine rings is 1. The van der Waals surface area contributed by atoms with Gasteiger partial charge in [0.05, 0.1) is 17.7 Å². The second-order valence-electron chi connectivity index (χ2n) is 10.3. The summed E-state index contributed by atoms with van der Waals surface area (Å²) in [5, 5.41) is 1.09. The van der Waals surface area contributed by atoms with Crippen molar-refractivity contribution >= 4 is 28.6 Å². The Balaban J connectivity index is 1.33. The SMILES string of the molecule is CCOC(=O)c1cccc(-n2c(CC)c(C3CCN(CCCSc4ccc(F)cc4)CC3)c3ccc(F)cc32)c1. The normalized spacial score (nSPS) is 14.6. The van der Waals surface area contributed by atoms with Crippen molar-refractivity contribution in [1.82, 2.24) is 9.47 Å². The summed E-state index contributed by atoms with van der Waals surface area (Å²) in [6.45, 7) is 7.37. The molecule has 4 nitrogen and oxygen atoms in total. The summed E-state index contributed by atoms with van der Waals surface area (Å²) in [7, 11) is 0. The summed E-state index contributed by atoms with van der Waals surface area (Å²) in [6, 6.07) is 19.2. The first-order chi connectivity index (χ1) is 19.5. The summed E-state index contributed by atoms with van der Waals surface area (Å²) in [6.07, 6.45) is 3.99. The van der Waals surface area contributed by atoms with Crippen molar-refractivity contribution in [3.8, 4) is 5.69 Å². The Labute approximate surface area is 239 Å². The number of carbonyl (C=O) groups is 1. The molecule has 1 aliphatic rings. The van der Waals surface area contributed by atoms with Gasteiger partial charge in [-0.25, -0.2) is 13.6 Å². The summed E-state index contributed by atoms with van der Waals surface area (Å²) in [4.78, 5) is 16.1. The number of halogens is 2. The molecule has 2 heterocycles. The van der Waals surface area contributed by atoms with Gasteiger partial charge in [-0.15, -0.1) is 11.8 Å². The van der Waals surface area contributed by atoms with Crippen LogP contribution in [-0.2, 0) is 11.2 Å². The van der Waals surface area contributed by atoms with Crippen molar-refractivity contribution in [3.05, 3.63) is 95.2 Å². The van der Waals surface area contributed by atoms with E-state index in [2.05, 4.69) is 16.4 Å². The number of rotatable bonds is 10. The zero-order valence-corrected chi connectivity index (χ0v) is 24.0. The minimum atomic E-state index is -0.353. The van der Waals surface area contributed by atoms with E-state index in [-0.39, 0.29) is 17.6 Å². The largest absolute Gasteiger partial charge is 0.462 e. The lowest BCUT2D eigenvalue weighted by atomic mass is 9.87. The van der Waals surface area contributed by atoms with Crippen LogP contribution in [0.4, 0.5) is 8.78 Å². The Hall–Kier alpha value is -3.16. The maximum absolute atomic E-state index is 14.5. The van der Waals surface area contributed by atoms with Crippen LogP contribution in [0.3, 0.4) is 0 Å². The number of ether oxygens (including phenoxy) is 1. The molecule has 1 saturated heterocycles. The molecule has 0 spiro atoms. The van der Waals surface area contributed by atoms with Crippen LogP contribution in [0.1, 0.15) is 60.6 Å². The third-order valence-electron chi connectivity index (χ3n) is 7.72. The predicted octanol–water partition coefficient (Wildman–Crippen LogP) is 8.01. The summed E-state index contributed by atoms with van der Waals surface area (Å²) >= 11 is 1.77. The Morgan fingerprint density at radius 3 is 2.45 bits per heavy atom. The molecule has 3 aromatic carbocycles. The molecular formula is C33H36F2N2O2S. The first-order valence-electron chi connectivity index (χ1n) is 14.2. The van der Waals surface area contributed by atoms with Gasteiger partial charge in [0.25, 0.3) is 0 Å². The van der Waals surface area contributed by atoms with E-state index in [0.717, 1.165) is 72.6 Å². The van der Waals surface area contributed by atoms with Gasteiger partial charge in [0, 0.05) is 21.7 Å². The van der Waals surface area contributed by atoms with Crippen LogP contribution in [-0.4, -0.2) is 47.4 Å². The first kappa shape index (κ1) is 28.4. The molecule has 0 radical (unpaired) electrons. The highest BCUT2D eigenvalue weighted by Gasteiger charge is 2.28. The lowest BCUT2D eigenvalue weighted by Gasteiger charge is -2.32. The van der Waals surface area contributed by atoms with Gasteiger partial charge < -0.3 is 14.2 Å². The van der Waals surface area contributed by atoms with Gasteiger partial charge in [-0.1, -0.05) is 13.0 Å². The number of likely N-dealkylation sites (tertiary alicyclic amines) is 1. The average Bonchev–Trinajstić information content (AvgIpc) is 3.30. The van der Waals surface area contributed by atoms with Crippen molar-refractivity contribution in [2.45, 2.75) is 50.3 Å². The maximum Gasteiger partial charge on any atom is 0.338 e. The fourth-order valence-corrected chi connectivity index (χ4v) is 6.72. The number of esters is 1. The molecular weight excluding hydrogens is 526 g/mol. The lowest BCUT2D eigenvalue weighted by Crippen LogP contribution is -2.34. The molecule has 4 aromatic rings. The maximum atomic E-state index is 14.5. The van der Waals surface area contributed by atoms with Crippen LogP contribution in [0.2, 0.25) is 0 Å². The zero-order valence-electron chi connectivity index (χ0n) is 23.2. The number of nitrogens with zero attached hydrogens (tertiary/aromatic N) is 2. The van der Waals surface area contributed by atoms with Crippen molar-refractivity contribution in [2.75, 3.05) is 32.0 Å². The van der Waals surface area contributed by atoms with Crippen LogP contribution >= 0.6 is 11.8 Å². The smallest absolute Gasteiger partial charge is 0.338 e. The van der Waals surface area contributed by atoms with Gasteiger partial charge in [-0.05, 0) is 130 Å². The van der Waals surface area contributed by atoms with Gasteiger partial charge >= 0.3 is 5.97 Å². The summed E-state index contributed by atoms with van der Waals surface area (Å²) < 4.78 is 35.0. The number of hydrogen-bond acceptors (Lipinski definition) is 4. The third-order valence-corrected chi connectivity index (χ3v) is 8.82. The van der Waals surface area contributed by atoms with Gasteiger partial charge in [-0.2, -0.15) is 0 Å². The van der Waals surface area contributed by atoms with E-state index in [1.807, 2.05) is 36.4 Å². The Morgan fingerprint density at radius 2 is 1.73 bits per heavy atom. The van der Waals surface area contributed by atoms with Gasteiger partial charge in [0.2, 0.25) is 0 Å². The van der Waals surface area contributed by atoms with Gasteiger partial charge in [0.1, 0.15) is 11.6 Å². The average molecular weight is 563 g/mol. The van der Waals surface area contributed by atoms with Crippen molar-refractivity contribution in [1.29, 1.82) is 0 Å². The Bertz CT molecular complexity index is 1460. The van der Waals surface area contributed by atoms with E-state index in [1.54, 1.807) is 36.9 Å². The molecule has 1 fully saturated rings. The molecule has 0 saturated carbocycles. The zero-order chi connectivity index (χ0) is 28.1. The van der Waals surface area contributed by atoms with E-state index in [9.17, 15) is 13.6 Å². The molecule has 0 atom stereocenters. The molecule has 40 heavy (non-hydrogen) atoms. The molecule has 0 bridgehead atoms. The van der Waals surface area contributed by atoms with Crippen LogP contribution in [0, 0.1) is 11.6 Å². The Kier molecular flexibility index (Phi) is 9.22. The predicted molar refractivity (Wildman–Crippen MR) is 159 cm³/mol. The number of aromatic nitrogens is 1. The Morgan fingerprint density at radius 1 is 0.975 bits per heavy atom. The summed E-state index contributed by atoms with van der Waals surface area (Å²) in [5.74, 6) is 0.582. The van der Waals surface area contributed by atoms with Crippen molar-refractivity contribution in [3.63, 3.8) is 0 Å². The quantitative estimate of drug-likeness (QED) is 0.111. The molecule has 1 aromatic heterocycles. The van der Waals surface area contributed by atoms with E-state index < -0.39 is 0 Å². The number of fused-ring (bicyclic) bond motifs is 1. The van der Waals surface area contributed by atoms with Crippen molar-refractivity contribution in [2.24, 2.45) is 0 Å². The fourth-order valence-electron chi connectivity index (χ4n) is 5.88. The molecule has 0 unspecified atom stereocenters. The monoisotopic (exact) mass is 562 g/mol. The second-order valence-corrected chi connectivity index (χ2v) is 11.4. The number of carbonyl (C=O) groups excluding carboxylic acids is 1. The number of benzene rings is 3. The van der Waals surface area contributed by atoms with Gasteiger partial charge in [-0.3, -0.25) is 0 Å². The molecule has 0 amide bonds. The molecule has 0 N–H and O–H groups in total. The second kappa shape index (κ2) is 13.0. The van der Waals surface area contributed by atoms with E-state index in [1.165, 1.54) is 23.4 Å². The third kappa shape index (κ3) is 6.26. The minimum absolute atomic E-state index is 0.197. The van der Waals surface area contributed by atoms with Crippen LogP contribution in [0.15, 0.2) is 71.6 Å². The van der Waals surface area contributed by atoms with Crippen LogP contribution in [0.5, 0.6) is 0 Å². The fraction of sp³-hybridized carbons (Fsp3) is 0.364. The van der Waals surface area contributed by atoms with Gasteiger partial charge in [0.15, 0.2) is 0 Å². The van der Waals surface area contributed by atoms with E-state index in [4.69, 9.17) is 4.74 Å². The van der Waals surface area contributed by atoms with E-state index >= 15 is 0 Å². The number of thioether (sulfide) groups is 1. The number of hydrogen-bond donors (Lipinski definition) is 0. The lowest BCUT2D eigenvalue weighted by molar-refractivity contribution is 0.0526. The molecule has 0 aliphatic carbocycles. The summed E-state index contributed by atoms with van der Waals surface area (Å²) in [5.41, 5.74) is 4.67. The molecule has 7 heteroatoms. The van der Waals surface area contributed by atoms with E-state index in [0.29, 0.717) is 18.1 Å². The molecule has 210 valence electrons. The highest BCUT2D eigenvalue weighted by molar-refractivity contribution is 7.99. The van der Waals surface area contributed by atoms with Crippen LogP contribution in [0.25, 0.3) is 16.6 Å². The highest BCUT2D eigenvalue weighted by atomic mass is 32.2. The molecule has 1 aliphatic heterocycles. The van der Waals surface area contributed by atoms with Crippen LogP contribution < -0.4 is 0 Å². The topological polar surface area (TPSA) is 34.5 Å². The minimum Gasteiger partial charge on any atom is -0.462 e. The standard InChI is InChI=1S/C33H36F2N2O2S/c1-3-30-32(23-15-18-36(19-16-23)17-6-20-40-28-12-9-25(34)10-13-28)29-14-11-26(35)22-31(29)37(30)27-8-5-7-24(21-27)33(38)39-4-2/h5,7-14,21-23H,3-4,6,15-20H2,1-2H3. The first-order valence-corrected chi connectivity index (χ1v) is 15.2. The highest BCUT2D eigenvalue weighted by Crippen LogP contribution is 2.40.